The van der Waals surface area contributed by atoms with Crippen LogP contribution in [0.1, 0.15) is 24.4 Å². The average Bonchev–Trinajstić information content (AvgIpc) is 3.19. The van der Waals surface area contributed by atoms with Crippen LogP contribution in [0.5, 0.6) is 0 Å². The van der Waals surface area contributed by atoms with Gasteiger partial charge in [-0.3, -0.25) is 4.72 Å². The van der Waals surface area contributed by atoms with Crippen molar-refractivity contribution in [3.05, 3.63) is 47.9 Å². The van der Waals surface area contributed by atoms with Crippen LogP contribution in [0.3, 0.4) is 0 Å². The lowest BCUT2D eigenvalue weighted by molar-refractivity contribution is 0.456. The SMILES string of the molecule is Cc1oc(CNC2CC2)cc1S(=O)(=O)Nc1ccccc1. The fourth-order valence-corrected chi connectivity index (χ4v) is 3.39. The minimum absolute atomic E-state index is 0.193. The average molecular weight is 306 g/mol. The van der Waals surface area contributed by atoms with Crippen molar-refractivity contribution in [1.29, 1.82) is 0 Å². The van der Waals surface area contributed by atoms with E-state index < -0.39 is 10.0 Å². The number of aryl methyl sites for hydroxylation is 1. The molecule has 1 fully saturated rings. The van der Waals surface area contributed by atoms with Gasteiger partial charge < -0.3 is 9.73 Å². The van der Waals surface area contributed by atoms with Crippen LogP contribution in [0, 0.1) is 6.92 Å². The van der Waals surface area contributed by atoms with Gasteiger partial charge in [-0.15, -0.1) is 0 Å². The number of nitrogens with one attached hydrogen (secondary N) is 2. The van der Waals surface area contributed by atoms with Crippen LogP contribution in [-0.2, 0) is 16.6 Å². The molecule has 21 heavy (non-hydrogen) atoms. The molecule has 112 valence electrons. The zero-order valence-corrected chi connectivity index (χ0v) is 12.6. The van der Waals surface area contributed by atoms with Crippen molar-refractivity contribution in [2.24, 2.45) is 0 Å². The summed E-state index contributed by atoms with van der Waals surface area (Å²) in [7, 11) is -3.62. The molecule has 1 saturated carbocycles. The Kier molecular flexibility index (Phi) is 3.73. The summed E-state index contributed by atoms with van der Waals surface area (Å²) in [6.45, 7) is 2.23. The molecule has 6 heteroatoms. The summed E-state index contributed by atoms with van der Waals surface area (Å²) in [6.07, 6.45) is 2.36. The standard InChI is InChI=1S/C15H18N2O3S/c1-11-15(9-14(20-11)10-16-12-7-8-12)21(18,19)17-13-5-3-2-4-6-13/h2-6,9,12,16-17H,7-8,10H2,1H3. The maximum atomic E-state index is 12.4. The summed E-state index contributed by atoms with van der Waals surface area (Å²) in [5, 5.41) is 3.31. The molecule has 1 aromatic carbocycles. The fraction of sp³-hybridized carbons (Fsp3) is 0.333. The highest BCUT2D eigenvalue weighted by molar-refractivity contribution is 7.92. The van der Waals surface area contributed by atoms with E-state index in [1.165, 1.54) is 12.8 Å². The lowest BCUT2D eigenvalue weighted by Gasteiger charge is -2.06. The van der Waals surface area contributed by atoms with E-state index >= 15 is 0 Å². The quantitative estimate of drug-likeness (QED) is 0.860. The maximum absolute atomic E-state index is 12.4. The first kappa shape index (κ1) is 14.2. The van der Waals surface area contributed by atoms with E-state index in [1.807, 2.05) is 6.07 Å². The first-order valence-corrected chi connectivity index (χ1v) is 8.43. The van der Waals surface area contributed by atoms with Gasteiger partial charge in [0.1, 0.15) is 16.4 Å². The number of hydrogen-bond donors (Lipinski definition) is 2. The lowest BCUT2D eigenvalue weighted by atomic mass is 10.3. The van der Waals surface area contributed by atoms with Gasteiger partial charge in [-0.05, 0) is 31.9 Å². The van der Waals surface area contributed by atoms with Crippen molar-refractivity contribution >= 4 is 15.7 Å². The predicted octanol–water partition coefficient (Wildman–Crippen LogP) is 2.64. The number of anilines is 1. The third-order valence-corrected chi connectivity index (χ3v) is 4.87. The van der Waals surface area contributed by atoms with Crippen molar-refractivity contribution in [1.82, 2.24) is 5.32 Å². The molecule has 0 saturated heterocycles. The van der Waals surface area contributed by atoms with Crippen molar-refractivity contribution in [3.63, 3.8) is 0 Å². The predicted molar refractivity (Wildman–Crippen MR) is 80.6 cm³/mol. The number of sulfonamides is 1. The molecule has 1 aliphatic carbocycles. The van der Waals surface area contributed by atoms with Gasteiger partial charge in [0.15, 0.2) is 0 Å². The van der Waals surface area contributed by atoms with E-state index in [2.05, 4.69) is 10.0 Å². The number of benzene rings is 1. The molecule has 0 bridgehead atoms. The summed E-state index contributed by atoms with van der Waals surface area (Å²) in [5.41, 5.74) is 0.538. The Morgan fingerprint density at radius 2 is 1.95 bits per heavy atom. The smallest absolute Gasteiger partial charge is 0.265 e. The van der Waals surface area contributed by atoms with E-state index in [0.717, 1.165) is 0 Å². The lowest BCUT2D eigenvalue weighted by Crippen LogP contribution is -2.15. The zero-order chi connectivity index (χ0) is 14.9. The van der Waals surface area contributed by atoms with Gasteiger partial charge in [0.05, 0.1) is 6.54 Å². The molecular formula is C15H18N2O3S. The number of rotatable bonds is 6. The van der Waals surface area contributed by atoms with Crippen LogP contribution < -0.4 is 10.0 Å². The topological polar surface area (TPSA) is 71.3 Å². The highest BCUT2D eigenvalue weighted by atomic mass is 32.2. The molecule has 0 radical (unpaired) electrons. The minimum atomic E-state index is -3.62. The summed E-state index contributed by atoms with van der Waals surface area (Å²) < 4.78 is 32.9. The number of hydrogen-bond acceptors (Lipinski definition) is 4. The van der Waals surface area contributed by atoms with Crippen LogP contribution in [-0.4, -0.2) is 14.5 Å². The van der Waals surface area contributed by atoms with Crippen molar-refractivity contribution in [2.75, 3.05) is 4.72 Å². The molecule has 2 aromatic rings. The Bertz CT molecular complexity index is 719. The Balaban J connectivity index is 1.77. The van der Waals surface area contributed by atoms with Gasteiger partial charge in [0.25, 0.3) is 10.0 Å². The Hall–Kier alpha value is -1.79. The highest BCUT2D eigenvalue weighted by Crippen LogP contribution is 2.24. The molecule has 5 nitrogen and oxygen atoms in total. The molecule has 0 spiro atoms. The van der Waals surface area contributed by atoms with E-state index in [1.54, 1.807) is 37.3 Å². The van der Waals surface area contributed by atoms with Crippen LogP contribution >= 0.6 is 0 Å². The van der Waals surface area contributed by atoms with Crippen molar-refractivity contribution in [2.45, 2.75) is 37.2 Å². The zero-order valence-electron chi connectivity index (χ0n) is 11.8. The second-order valence-electron chi connectivity index (χ2n) is 5.26. The first-order valence-electron chi connectivity index (χ1n) is 6.95. The summed E-state index contributed by atoms with van der Waals surface area (Å²) in [6, 6.07) is 11.0. The van der Waals surface area contributed by atoms with Crippen LogP contribution in [0.15, 0.2) is 45.7 Å². The Labute approximate surface area is 124 Å². The van der Waals surface area contributed by atoms with Gasteiger partial charge in [0.2, 0.25) is 0 Å². The summed E-state index contributed by atoms with van der Waals surface area (Å²) in [5.74, 6) is 1.05. The molecule has 0 atom stereocenters. The van der Waals surface area contributed by atoms with Crippen LogP contribution in [0.2, 0.25) is 0 Å². The third-order valence-electron chi connectivity index (χ3n) is 3.38. The van der Waals surface area contributed by atoms with E-state index in [0.29, 0.717) is 29.8 Å². The summed E-state index contributed by atoms with van der Waals surface area (Å²) in [4.78, 5) is 0.193. The molecule has 3 rings (SSSR count). The molecule has 1 aliphatic rings. The van der Waals surface area contributed by atoms with Gasteiger partial charge >= 0.3 is 0 Å². The van der Waals surface area contributed by atoms with E-state index in [9.17, 15) is 8.42 Å². The number of para-hydroxylation sites is 1. The van der Waals surface area contributed by atoms with Crippen LogP contribution in [0.4, 0.5) is 5.69 Å². The second kappa shape index (κ2) is 5.54. The van der Waals surface area contributed by atoms with Crippen molar-refractivity contribution < 1.29 is 12.8 Å². The monoisotopic (exact) mass is 306 g/mol. The second-order valence-corrected chi connectivity index (χ2v) is 6.91. The highest BCUT2D eigenvalue weighted by Gasteiger charge is 2.24. The van der Waals surface area contributed by atoms with Gasteiger partial charge in [-0.25, -0.2) is 8.42 Å². The Morgan fingerprint density at radius 1 is 1.24 bits per heavy atom. The number of furan rings is 1. The molecular weight excluding hydrogens is 288 g/mol. The molecule has 1 aromatic heterocycles. The molecule has 0 unspecified atom stereocenters. The minimum Gasteiger partial charge on any atom is -0.464 e. The van der Waals surface area contributed by atoms with Crippen molar-refractivity contribution in [3.8, 4) is 0 Å². The largest absolute Gasteiger partial charge is 0.464 e. The Morgan fingerprint density at radius 3 is 2.62 bits per heavy atom. The molecule has 0 aliphatic heterocycles. The maximum Gasteiger partial charge on any atom is 0.265 e. The van der Waals surface area contributed by atoms with Gasteiger partial charge in [0, 0.05) is 17.8 Å². The molecule has 1 heterocycles. The van der Waals surface area contributed by atoms with Crippen LogP contribution in [0.25, 0.3) is 0 Å². The molecule has 0 amide bonds. The summed E-state index contributed by atoms with van der Waals surface area (Å²) >= 11 is 0. The normalized spacial score (nSPS) is 15.1. The first-order chi connectivity index (χ1) is 10.0. The van der Waals surface area contributed by atoms with Gasteiger partial charge in [-0.1, -0.05) is 18.2 Å². The van der Waals surface area contributed by atoms with E-state index in [-0.39, 0.29) is 4.90 Å². The molecule has 2 N–H and O–H groups in total. The fourth-order valence-electron chi connectivity index (χ4n) is 2.13. The third kappa shape index (κ3) is 3.46. The van der Waals surface area contributed by atoms with Gasteiger partial charge in [-0.2, -0.15) is 0 Å². The van der Waals surface area contributed by atoms with E-state index in [4.69, 9.17) is 4.42 Å².